The highest BCUT2D eigenvalue weighted by molar-refractivity contribution is 7.92. The molecule has 1 N–H and O–H groups in total. The Kier molecular flexibility index (Phi) is 17.0. The van der Waals surface area contributed by atoms with E-state index in [9.17, 15) is 64.8 Å². The van der Waals surface area contributed by atoms with Crippen molar-refractivity contribution in [1.82, 2.24) is 72.7 Å². The van der Waals surface area contributed by atoms with Gasteiger partial charge in [0.05, 0.1) is 136 Å². The van der Waals surface area contributed by atoms with Crippen molar-refractivity contribution in [3.63, 3.8) is 0 Å². The Balaban J connectivity index is 0.000000169. The Morgan fingerprint density at radius 1 is 0.398 bits per heavy atom. The van der Waals surface area contributed by atoms with Crippen molar-refractivity contribution < 1.29 is 64.8 Å². The topological polar surface area (TPSA) is 259 Å². The Morgan fingerprint density at radius 3 is 1.10 bits per heavy atom. The first-order chi connectivity index (χ1) is 40.2. The number of benzene rings is 3. The van der Waals surface area contributed by atoms with Crippen LogP contribution in [0.5, 0.6) is 0 Å². The van der Waals surface area contributed by atoms with Gasteiger partial charge in [-0.15, -0.1) is 0 Å². The van der Waals surface area contributed by atoms with Crippen LogP contribution in [0, 0.1) is 0 Å². The summed E-state index contributed by atoms with van der Waals surface area (Å²) in [5.41, 5.74) is 2.39. The fraction of sp³-hybridized carbons (Fsp3) is 0.291. The maximum Gasteiger partial charge on any atom is 0.433 e. The number of imidazole rings is 6. The van der Waals surface area contributed by atoms with Crippen molar-refractivity contribution in [2.24, 2.45) is 35.2 Å². The maximum absolute atomic E-state index is 13.0. The summed E-state index contributed by atoms with van der Waals surface area (Å²) in [6.45, 7) is 4.57. The van der Waals surface area contributed by atoms with Gasteiger partial charge in [0.25, 0.3) is 0 Å². The third kappa shape index (κ3) is 11.7. The number of alkyl halides is 9. The fourth-order valence-corrected chi connectivity index (χ4v) is 12.8. The number of pyridine rings is 3. The maximum atomic E-state index is 13.0. The molecular weight excluding hydrogens is 1230 g/mol. The highest BCUT2D eigenvalue weighted by Crippen LogP contribution is 2.39. The third-order valence-corrected chi connectivity index (χ3v) is 19.5. The molecule has 3 aromatic carbocycles. The molecule has 0 radical (unpaired) electrons. The number of aryl methyl sites for hydroxylation is 5. The second-order valence-electron chi connectivity index (χ2n) is 19.5. The van der Waals surface area contributed by atoms with Gasteiger partial charge < -0.3 is 27.8 Å². The lowest BCUT2D eigenvalue weighted by atomic mass is 10.2. The summed E-state index contributed by atoms with van der Waals surface area (Å²) in [5, 5.41) is 0. The zero-order chi connectivity index (χ0) is 62.5. The van der Waals surface area contributed by atoms with E-state index >= 15 is 0 Å². The van der Waals surface area contributed by atoms with Gasteiger partial charge in [-0.3, -0.25) is 0 Å². The summed E-state index contributed by atoms with van der Waals surface area (Å²) in [4.78, 5) is 38.9. The first-order valence-corrected chi connectivity index (χ1v) is 30.4. The van der Waals surface area contributed by atoms with Crippen LogP contribution in [0.2, 0.25) is 0 Å². The number of hydrogen-bond acceptors (Lipinski definition) is 15. The van der Waals surface area contributed by atoms with Gasteiger partial charge in [-0.25, -0.2) is 70.1 Å². The summed E-state index contributed by atoms with van der Waals surface area (Å²) in [6.07, 6.45) is -5.99. The predicted octanol–water partition coefficient (Wildman–Crippen LogP) is 11.3. The summed E-state index contributed by atoms with van der Waals surface area (Å²) in [5.74, 6) is 0.267. The smallest absolute Gasteiger partial charge is 0.345 e. The molecule has 0 aliphatic rings. The first-order valence-electron chi connectivity index (χ1n) is 25.4. The molecule has 9 heterocycles. The molecule has 0 spiro atoms. The van der Waals surface area contributed by atoms with Crippen LogP contribution < -0.4 is 0 Å². The largest absolute Gasteiger partial charge is 0.433 e. The Bertz CT molecular complexity index is 5060. The van der Waals surface area contributed by atoms with E-state index in [0.29, 0.717) is 55.2 Å². The van der Waals surface area contributed by atoms with Crippen molar-refractivity contribution >= 4 is 95.7 Å². The van der Waals surface area contributed by atoms with Gasteiger partial charge in [-0.1, -0.05) is 35.6 Å². The van der Waals surface area contributed by atoms with E-state index in [2.05, 4.69) is 49.8 Å². The number of nitrogens with zero attached hydrogens (tertiary/aromatic N) is 14. The normalized spacial score (nSPS) is 12.6. The van der Waals surface area contributed by atoms with E-state index in [1.807, 2.05) is 0 Å². The molecule has 12 aromatic rings. The van der Waals surface area contributed by atoms with Gasteiger partial charge in [-0.05, 0) is 54.6 Å². The van der Waals surface area contributed by atoms with E-state index < -0.39 is 65.1 Å². The minimum absolute atomic E-state index is 0. The van der Waals surface area contributed by atoms with Crippen molar-refractivity contribution in [2.75, 3.05) is 17.3 Å². The Hall–Kier alpha value is -8.85. The lowest BCUT2D eigenvalue weighted by Crippen LogP contribution is -2.08. The van der Waals surface area contributed by atoms with Gasteiger partial charge in [0.1, 0.15) is 34.6 Å². The Labute approximate surface area is 495 Å². The molecule has 9 aromatic heterocycles. The molecule has 12 rings (SSSR count). The number of aromatic amines is 1. The molecule has 466 valence electrons. The summed E-state index contributed by atoms with van der Waals surface area (Å²) < 4.78 is 201. The van der Waals surface area contributed by atoms with Gasteiger partial charge in [-0.2, -0.15) is 39.5 Å². The summed E-state index contributed by atoms with van der Waals surface area (Å²) >= 11 is 0. The number of rotatable bonds is 9. The van der Waals surface area contributed by atoms with Crippen LogP contribution in [0.3, 0.4) is 0 Å². The van der Waals surface area contributed by atoms with Crippen LogP contribution in [0.4, 0.5) is 39.5 Å². The van der Waals surface area contributed by atoms with Crippen molar-refractivity contribution in [3.05, 3.63) is 109 Å². The molecule has 0 atom stereocenters. The fourth-order valence-electron chi connectivity index (χ4n) is 9.49. The van der Waals surface area contributed by atoms with Crippen molar-refractivity contribution in [3.8, 4) is 34.2 Å². The van der Waals surface area contributed by atoms with Crippen LogP contribution in [0.25, 0.3) is 100 Å². The van der Waals surface area contributed by atoms with Crippen LogP contribution >= 0.6 is 0 Å². The van der Waals surface area contributed by atoms with Crippen LogP contribution in [-0.2, 0) is 83.3 Å². The lowest BCUT2D eigenvalue weighted by Gasteiger charge is -2.10. The first kappa shape index (κ1) is 65.1. The molecule has 0 fully saturated rings. The molecule has 0 unspecified atom stereocenters. The van der Waals surface area contributed by atoms with E-state index in [0.717, 1.165) is 36.8 Å². The average molecular weight is 1290 g/mol. The van der Waals surface area contributed by atoms with Crippen molar-refractivity contribution in [2.45, 2.75) is 68.8 Å². The van der Waals surface area contributed by atoms with Crippen LogP contribution in [0.15, 0.2) is 107 Å². The number of fused-ring (bicyclic) bond motifs is 6. The number of aromatic nitrogens is 15. The minimum Gasteiger partial charge on any atom is -0.345 e. The van der Waals surface area contributed by atoms with Crippen LogP contribution in [-0.4, -0.2) is 115 Å². The molecule has 0 saturated carbocycles. The van der Waals surface area contributed by atoms with E-state index in [-0.39, 0.29) is 91.9 Å². The number of sulfone groups is 3. The molecule has 0 bridgehead atoms. The summed E-state index contributed by atoms with van der Waals surface area (Å²) in [7, 11) is -2.60. The molecule has 0 aliphatic carbocycles. The second kappa shape index (κ2) is 23.0. The highest BCUT2D eigenvalue weighted by Gasteiger charge is 2.36. The zero-order valence-corrected chi connectivity index (χ0v) is 48.6. The van der Waals surface area contributed by atoms with E-state index in [1.165, 1.54) is 59.0 Å². The molecule has 21 nitrogen and oxygen atoms in total. The molecule has 33 heteroatoms. The number of H-pyrrole nitrogens is 1. The molecular formula is C55H54F9N15O6S3. The number of halogens is 9. The van der Waals surface area contributed by atoms with Crippen molar-refractivity contribution in [1.29, 1.82) is 0 Å². The van der Waals surface area contributed by atoms with E-state index in [1.54, 1.807) is 75.2 Å². The summed E-state index contributed by atoms with van der Waals surface area (Å²) in [6, 6.07) is 11.8. The van der Waals surface area contributed by atoms with E-state index in [4.69, 9.17) is 0 Å². The minimum atomic E-state index is -4.60. The highest BCUT2D eigenvalue weighted by atomic mass is 32.2. The van der Waals surface area contributed by atoms with Gasteiger partial charge >= 0.3 is 18.5 Å². The molecule has 0 aliphatic heterocycles. The molecule has 0 amide bonds. The second-order valence-corrected chi connectivity index (χ2v) is 26.3. The van der Waals surface area contributed by atoms with Gasteiger partial charge in [0.2, 0.25) is 0 Å². The third-order valence-electron chi connectivity index (χ3n) is 14.2. The average Bonchev–Trinajstić information content (AvgIpc) is 2.08. The lowest BCUT2D eigenvalue weighted by molar-refractivity contribution is -0.141. The van der Waals surface area contributed by atoms with Gasteiger partial charge in [0, 0.05) is 51.9 Å². The quantitative estimate of drug-likeness (QED) is 0.132. The number of nitrogens with one attached hydrogen (secondary N) is 1. The zero-order valence-electron chi connectivity index (χ0n) is 46.1. The number of hydrogen-bond donors (Lipinski definition) is 1. The monoisotopic (exact) mass is 1290 g/mol. The SMILES string of the molecule is C.C.CCS(=O)(=O)c1cc2[nH]cnc2cc1-c1nc2cc(C(F)(F)F)ncc2n1C.CCS(=O)(=O)c1cc2c(cc1-c1nc3cc(C(F)(F)F)ncc3n1C)ncn2C.CCS(=O)(=O)c1cc2ncn(C)c2cc1-c1nc2cc(C(F)(F)F)ncc2n1C. The van der Waals surface area contributed by atoms with Crippen LogP contribution in [0.1, 0.15) is 52.7 Å². The molecule has 0 saturated heterocycles. The Morgan fingerprint density at radius 2 is 0.727 bits per heavy atom. The molecule has 88 heavy (non-hydrogen) atoms. The van der Waals surface area contributed by atoms with Gasteiger partial charge in [0.15, 0.2) is 29.5 Å². The predicted molar refractivity (Wildman–Crippen MR) is 312 cm³/mol. The standard InChI is InChI=1S/2C18H16F3N5O2S.C17H14F3N5O2S.2CH4/c1-4-29(27,28)15-6-11-13(25(2)9-23-11)5-10(15)17-24-12-7-16(18(19,20)21)22-8-14(12)26(17)3;1-4-29(27,28)15-7-13-11(23-9-25(13)2)5-10(15)17-24-12-6-16(18(19,20)21)22-8-14(12)26(17)3;1-3-28(26,27)14-5-11-10(22-8-23-11)4-9(14)16-24-12-6-15(17(18,19)20)21-7-13(12)25(16)2;;/h2*5-9H,4H2,1-3H3;4-8H,3H2,1-2H3,(H,22,23);2*1H4.